The van der Waals surface area contributed by atoms with Gasteiger partial charge in [0.2, 0.25) is 15.9 Å². The number of sulfonamides is 1. The molecular formula is C19H29N3O3S. The molecule has 144 valence electrons. The van der Waals surface area contributed by atoms with Crippen LogP contribution in [0.25, 0.3) is 0 Å². The summed E-state index contributed by atoms with van der Waals surface area (Å²) >= 11 is 0. The van der Waals surface area contributed by atoms with Gasteiger partial charge in [-0.15, -0.1) is 0 Å². The van der Waals surface area contributed by atoms with Gasteiger partial charge in [0.1, 0.15) is 0 Å². The van der Waals surface area contributed by atoms with E-state index in [-0.39, 0.29) is 17.7 Å². The van der Waals surface area contributed by atoms with Crippen LogP contribution >= 0.6 is 0 Å². The minimum Gasteiger partial charge on any atom is -0.351 e. The number of nitrogens with one attached hydrogen (secondary N) is 1. The van der Waals surface area contributed by atoms with Crippen LogP contribution in [0.4, 0.5) is 0 Å². The van der Waals surface area contributed by atoms with Crippen molar-refractivity contribution in [2.24, 2.45) is 11.7 Å². The molecule has 0 bridgehead atoms. The van der Waals surface area contributed by atoms with E-state index >= 15 is 0 Å². The zero-order chi connectivity index (χ0) is 18.8. The molecule has 3 N–H and O–H groups in total. The zero-order valence-electron chi connectivity index (χ0n) is 15.4. The van der Waals surface area contributed by atoms with E-state index in [0.717, 1.165) is 18.4 Å². The van der Waals surface area contributed by atoms with Crippen LogP contribution in [0.2, 0.25) is 0 Å². The summed E-state index contributed by atoms with van der Waals surface area (Å²) in [6, 6.07) is 9.75. The van der Waals surface area contributed by atoms with Gasteiger partial charge in [-0.3, -0.25) is 4.79 Å². The number of hydrogen-bond acceptors (Lipinski definition) is 4. The fraction of sp³-hybridized carbons (Fsp3) is 0.632. The van der Waals surface area contributed by atoms with Gasteiger partial charge >= 0.3 is 0 Å². The SMILES string of the molecule is CCS(=O)(=O)N1CCC(C(=O)NC(CN)C2CC2)(c2ccccc2)CC1. The number of benzene rings is 1. The van der Waals surface area contributed by atoms with E-state index in [0.29, 0.717) is 38.4 Å². The third-order valence-electron chi connectivity index (χ3n) is 5.86. The average molecular weight is 380 g/mol. The summed E-state index contributed by atoms with van der Waals surface area (Å²) in [5.74, 6) is 0.561. The molecule has 1 aliphatic carbocycles. The Morgan fingerprint density at radius 2 is 1.88 bits per heavy atom. The van der Waals surface area contributed by atoms with Crippen LogP contribution in [0.1, 0.15) is 38.2 Å². The predicted octanol–water partition coefficient (Wildman–Crippen LogP) is 1.22. The van der Waals surface area contributed by atoms with E-state index in [1.807, 2.05) is 30.3 Å². The van der Waals surface area contributed by atoms with Crippen LogP contribution in [0, 0.1) is 5.92 Å². The molecule has 0 aromatic heterocycles. The molecule has 1 saturated heterocycles. The van der Waals surface area contributed by atoms with Crippen LogP contribution < -0.4 is 11.1 Å². The molecule has 26 heavy (non-hydrogen) atoms. The first-order chi connectivity index (χ1) is 12.4. The lowest BCUT2D eigenvalue weighted by atomic mass is 9.72. The largest absolute Gasteiger partial charge is 0.351 e. The molecular weight excluding hydrogens is 350 g/mol. The van der Waals surface area contributed by atoms with E-state index in [2.05, 4.69) is 5.32 Å². The molecule has 1 saturated carbocycles. The first kappa shape index (κ1) is 19.3. The van der Waals surface area contributed by atoms with Crippen molar-refractivity contribution in [2.45, 2.75) is 44.1 Å². The second kappa shape index (κ2) is 7.66. The number of hydrogen-bond donors (Lipinski definition) is 2. The molecule has 1 amide bonds. The Morgan fingerprint density at radius 1 is 1.27 bits per heavy atom. The van der Waals surface area contributed by atoms with Crippen molar-refractivity contribution >= 4 is 15.9 Å². The average Bonchev–Trinajstić information content (AvgIpc) is 3.51. The van der Waals surface area contributed by atoms with Crippen molar-refractivity contribution < 1.29 is 13.2 Å². The number of nitrogens with zero attached hydrogens (tertiary/aromatic N) is 1. The highest BCUT2D eigenvalue weighted by molar-refractivity contribution is 7.89. The van der Waals surface area contributed by atoms with Gasteiger partial charge in [0.25, 0.3) is 0 Å². The third-order valence-corrected chi connectivity index (χ3v) is 7.74. The van der Waals surface area contributed by atoms with Gasteiger partial charge in [-0.1, -0.05) is 30.3 Å². The van der Waals surface area contributed by atoms with Crippen LogP contribution in [-0.4, -0.2) is 50.1 Å². The van der Waals surface area contributed by atoms with Gasteiger partial charge < -0.3 is 11.1 Å². The fourth-order valence-electron chi connectivity index (χ4n) is 3.91. The predicted molar refractivity (Wildman–Crippen MR) is 102 cm³/mol. The summed E-state index contributed by atoms with van der Waals surface area (Å²) in [4.78, 5) is 13.3. The smallest absolute Gasteiger partial charge is 0.231 e. The number of rotatable bonds is 7. The zero-order valence-corrected chi connectivity index (χ0v) is 16.2. The normalized spacial score (nSPS) is 21.9. The maximum Gasteiger partial charge on any atom is 0.231 e. The number of amides is 1. The Balaban J connectivity index is 1.84. The fourth-order valence-corrected chi connectivity index (χ4v) is 5.01. The summed E-state index contributed by atoms with van der Waals surface area (Å²) in [5.41, 5.74) is 6.13. The molecule has 1 aromatic carbocycles. The van der Waals surface area contributed by atoms with Crippen LogP contribution in [0.5, 0.6) is 0 Å². The first-order valence-corrected chi connectivity index (χ1v) is 11.1. The van der Waals surface area contributed by atoms with Gasteiger partial charge in [-0.05, 0) is 44.1 Å². The molecule has 1 atom stereocenters. The topological polar surface area (TPSA) is 92.5 Å². The maximum absolute atomic E-state index is 13.3. The van der Waals surface area contributed by atoms with Crippen molar-refractivity contribution in [1.29, 1.82) is 0 Å². The molecule has 7 heteroatoms. The second-order valence-corrected chi connectivity index (χ2v) is 9.66. The lowest BCUT2D eigenvalue weighted by Gasteiger charge is -2.41. The quantitative estimate of drug-likeness (QED) is 0.745. The lowest BCUT2D eigenvalue weighted by Crippen LogP contribution is -2.56. The Morgan fingerprint density at radius 3 is 2.38 bits per heavy atom. The Bertz CT molecular complexity index is 724. The summed E-state index contributed by atoms with van der Waals surface area (Å²) in [6.45, 7) is 2.84. The van der Waals surface area contributed by atoms with E-state index < -0.39 is 15.4 Å². The molecule has 1 heterocycles. The third kappa shape index (κ3) is 3.80. The van der Waals surface area contributed by atoms with E-state index in [9.17, 15) is 13.2 Å². The summed E-state index contributed by atoms with van der Waals surface area (Å²) in [7, 11) is -3.23. The van der Waals surface area contributed by atoms with E-state index in [1.165, 1.54) is 4.31 Å². The van der Waals surface area contributed by atoms with Crippen LogP contribution in [0.3, 0.4) is 0 Å². The lowest BCUT2D eigenvalue weighted by molar-refractivity contribution is -0.129. The van der Waals surface area contributed by atoms with Crippen molar-refractivity contribution in [3.8, 4) is 0 Å². The van der Waals surface area contributed by atoms with E-state index in [4.69, 9.17) is 5.73 Å². The standard InChI is InChI=1S/C19H29N3O3S/c1-2-26(24,25)22-12-10-19(11-13-22,16-6-4-3-5-7-16)18(23)21-17(14-20)15-8-9-15/h3-7,15,17H,2,8-14,20H2,1H3,(H,21,23). The molecule has 1 aliphatic heterocycles. The van der Waals surface area contributed by atoms with Gasteiger partial charge in [0.05, 0.1) is 11.2 Å². The minimum absolute atomic E-state index is 0.0143. The number of carbonyl (C=O) groups is 1. The number of nitrogens with two attached hydrogens (primary N) is 1. The summed E-state index contributed by atoms with van der Waals surface area (Å²) < 4.78 is 25.9. The minimum atomic E-state index is -3.23. The molecule has 1 aromatic rings. The highest BCUT2D eigenvalue weighted by Gasteiger charge is 2.46. The number of carbonyl (C=O) groups excluding carboxylic acids is 1. The van der Waals surface area contributed by atoms with Gasteiger partial charge in [0.15, 0.2) is 0 Å². The Hall–Kier alpha value is -1.44. The molecule has 1 unspecified atom stereocenters. The van der Waals surface area contributed by atoms with Crippen LogP contribution in [0.15, 0.2) is 30.3 Å². The molecule has 6 nitrogen and oxygen atoms in total. The van der Waals surface area contributed by atoms with Crippen molar-refractivity contribution in [3.63, 3.8) is 0 Å². The maximum atomic E-state index is 13.3. The molecule has 0 spiro atoms. The highest BCUT2D eigenvalue weighted by Crippen LogP contribution is 2.38. The number of piperidine rings is 1. The van der Waals surface area contributed by atoms with Gasteiger partial charge in [0, 0.05) is 25.7 Å². The second-order valence-electron chi connectivity index (χ2n) is 7.40. The van der Waals surface area contributed by atoms with Gasteiger partial charge in [-0.25, -0.2) is 12.7 Å². The molecule has 2 fully saturated rings. The van der Waals surface area contributed by atoms with Crippen LogP contribution in [-0.2, 0) is 20.2 Å². The van der Waals surface area contributed by atoms with Crippen molar-refractivity contribution in [2.75, 3.05) is 25.4 Å². The molecule has 0 radical (unpaired) electrons. The highest BCUT2D eigenvalue weighted by atomic mass is 32.2. The molecule has 2 aliphatic rings. The first-order valence-electron chi connectivity index (χ1n) is 9.47. The van der Waals surface area contributed by atoms with E-state index in [1.54, 1.807) is 6.92 Å². The summed E-state index contributed by atoms with van der Waals surface area (Å²) in [6.07, 6.45) is 3.21. The molecule has 3 rings (SSSR count). The Kier molecular flexibility index (Phi) is 5.69. The summed E-state index contributed by atoms with van der Waals surface area (Å²) in [5, 5.41) is 3.17. The van der Waals surface area contributed by atoms with Crippen molar-refractivity contribution in [3.05, 3.63) is 35.9 Å². The Labute approximate surface area is 156 Å². The van der Waals surface area contributed by atoms with Gasteiger partial charge in [-0.2, -0.15) is 0 Å². The monoisotopic (exact) mass is 379 g/mol. The van der Waals surface area contributed by atoms with Crippen molar-refractivity contribution in [1.82, 2.24) is 9.62 Å².